The Labute approximate surface area is 175 Å². The van der Waals surface area contributed by atoms with Gasteiger partial charge in [0, 0.05) is 11.8 Å². The van der Waals surface area contributed by atoms with Crippen molar-refractivity contribution in [3.8, 4) is 0 Å². The van der Waals surface area contributed by atoms with Gasteiger partial charge >= 0.3 is 0 Å². The summed E-state index contributed by atoms with van der Waals surface area (Å²) in [6.45, 7) is 2.57. The summed E-state index contributed by atoms with van der Waals surface area (Å²) in [5.41, 5.74) is 0.137. The van der Waals surface area contributed by atoms with E-state index in [9.17, 15) is 14.0 Å². The lowest BCUT2D eigenvalue weighted by Gasteiger charge is -2.43. The number of hydrogen-bond donors (Lipinski definition) is 1. The first kappa shape index (κ1) is 20.5. The SMILES string of the molecule is CC1CCC2(CC1)OC[C@@H](C(=O)NCc1ccccn1)N2C(=O)c1cccc(F)c1. The number of nitrogens with one attached hydrogen (secondary N) is 1. The Bertz CT molecular complexity index is 913. The van der Waals surface area contributed by atoms with Crippen LogP contribution in [0.1, 0.15) is 48.7 Å². The van der Waals surface area contributed by atoms with Crippen LogP contribution in [-0.2, 0) is 16.1 Å². The highest BCUT2D eigenvalue weighted by Gasteiger charge is 2.53. The Balaban J connectivity index is 1.58. The molecule has 2 aromatic rings. The van der Waals surface area contributed by atoms with Crippen LogP contribution in [0, 0.1) is 11.7 Å². The van der Waals surface area contributed by atoms with E-state index in [1.54, 1.807) is 17.2 Å². The number of hydrogen-bond acceptors (Lipinski definition) is 4. The van der Waals surface area contributed by atoms with E-state index in [-0.39, 0.29) is 30.5 Å². The smallest absolute Gasteiger partial charge is 0.256 e. The van der Waals surface area contributed by atoms with Crippen LogP contribution in [0.4, 0.5) is 4.39 Å². The number of ether oxygens (including phenoxy) is 1. The number of rotatable bonds is 4. The molecule has 0 unspecified atom stereocenters. The third-order valence-electron chi connectivity index (χ3n) is 6.08. The van der Waals surface area contributed by atoms with Crippen molar-refractivity contribution in [3.05, 3.63) is 65.7 Å². The topological polar surface area (TPSA) is 71.5 Å². The van der Waals surface area contributed by atoms with Crippen molar-refractivity contribution in [1.29, 1.82) is 0 Å². The van der Waals surface area contributed by atoms with Crippen molar-refractivity contribution in [3.63, 3.8) is 0 Å². The van der Waals surface area contributed by atoms with Crippen LogP contribution in [0.15, 0.2) is 48.7 Å². The van der Waals surface area contributed by atoms with E-state index in [4.69, 9.17) is 4.74 Å². The fourth-order valence-corrected chi connectivity index (χ4v) is 4.34. The molecule has 158 valence electrons. The molecule has 2 heterocycles. The van der Waals surface area contributed by atoms with E-state index in [0.29, 0.717) is 18.8 Å². The van der Waals surface area contributed by atoms with Gasteiger partial charge in [-0.1, -0.05) is 19.1 Å². The molecule has 0 bridgehead atoms. The van der Waals surface area contributed by atoms with Crippen molar-refractivity contribution in [2.45, 2.75) is 50.9 Å². The van der Waals surface area contributed by atoms with Crippen LogP contribution in [0.5, 0.6) is 0 Å². The Hall–Kier alpha value is -2.80. The van der Waals surface area contributed by atoms with Gasteiger partial charge in [-0.3, -0.25) is 19.5 Å². The molecular formula is C23H26FN3O3. The molecule has 1 N–H and O–H groups in total. The maximum atomic E-state index is 13.8. The number of nitrogens with zero attached hydrogens (tertiary/aromatic N) is 2. The van der Waals surface area contributed by atoms with Crippen molar-refractivity contribution in [2.24, 2.45) is 5.92 Å². The molecule has 1 aliphatic carbocycles. The standard InChI is InChI=1S/C23H26FN3O3/c1-16-8-10-23(11-9-16)27(22(29)17-5-4-6-18(24)13-17)20(15-30-23)21(28)26-14-19-7-2-3-12-25-19/h2-7,12-13,16,20H,8-11,14-15H2,1H3,(H,26,28)/t16?,20-,23?/m0/s1. The van der Waals surface area contributed by atoms with Gasteiger partial charge in [0.05, 0.1) is 18.8 Å². The van der Waals surface area contributed by atoms with E-state index >= 15 is 0 Å². The predicted molar refractivity (Wildman–Crippen MR) is 109 cm³/mol. The van der Waals surface area contributed by atoms with Gasteiger partial charge in [-0.15, -0.1) is 0 Å². The minimum absolute atomic E-state index is 0.128. The van der Waals surface area contributed by atoms with Gasteiger partial charge in [-0.25, -0.2) is 4.39 Å². The lowest BCUT2D eigenvalue weighted by atomic mass is 9.83. The lowest BCUT2D eigenvalue weighted by Crippen LogP contribution is -2.56. The van der Waals surface area contributed by atoms with Crippen LogP contribution in [0.25, 0.3) is 0 Å². The monoisotopic (exact) mass is 411 g/mol. The Morgan fingerprint density at radius 2 is 2.03 bits per heavy atom. The van der Waals surface area contributed by atoms with Crippen molar-refractivity contribution in [2.75, 3.05) is 6.61 Å². The molecule has 1 spiro atoms. The van der Waals surface area contributed by atoms with Gasteiger partial charge in [-0.05, 0) is 61.9 Å². The van der Waals surface area contributed by atoms with E-state index in [1.807, 2.05) is 18.2 Å². The predicted octanol–water partition coefficient (Wildman–Crippen LogP) is 3.28. The summed E-state index contributed by atoms with van der Waals surface area (Å²) in [7, 11) is 0. The molecule has 7 heteroatoms. The van der Waals surface area contributed by atoms with Crippen molar-refractivity contribution < 1.29 is 18.7 Å². The number of benzene rings is 1. The van der Waals surface area contributed by atoms with Crippen molar-refractivity contribution >= 4 is 11.8 Å². The molecule has 0 radical (unpaired) electrons. The van der Waals surface area contributed by atoms with Gasteiger partial charge in [-0.2, -0.15) is 0 Å². The van der Waals surface area contributed by atoms with E-state index in [1.165, 1.54) is 18.2 Å². The summed E-state index contributed by atoms with van der Waals surface area (Å²) in [6.07, 6.45) is 4.82. The highest BCUT2D eigenvalue weighted by molar-refractivity contribution is 5.98. The normalized spacial score (nSPS) is 26.0. The summed E-state index contributed by atoms with van der Waals surface area (Å²) < 4.78 is 19.9. The largest absolute Gasteiger partial charge is 0.353 e. The minimum Gasteiger partial charge on any atom is -0.353 e. The molecule has 1 aromatic carbocycles. The number of aromatic nitrogens is 1. The second-order valence-electron chi connectivity index (χ2n) is 8.18. The van der Waals surface area contributed by atoms with E-state index in [0.717, 1.165) is 18.5 Å². The first-order valence-electron chi connectivity index (χ1n) is 10.4. The molecule has 1 atom stereocenters. The van der Waals surface area contributed by atoms with Gasteiger partial charge in [0.1, 0.15) is 17.6 Å². The number of amides is 2. The first-order chi connectivity index (χ1) is 14.5. The van der Waals surface area contributed by atoms with E-state index in [2.05, 4.69) is 17.2 Å². The molecule has 2 amide bonds. The molecule has 1 saturated carbocycles. The fraction of sp³-hybridized carbons (Fsp3) is 0.435. The first-order valence-corrected chi connectivity index (χ1v) is 10.4. The number of carbonyl (C=O) groups is 2. The third kappa shape index (κ3) is 4.07. The van der Waals surface area contributed by atoms with Crippen LogP contribution >= 0.6 is 0 Å². The van der Waals surface area contributed by atoms with E-state index < -0.39 is 17.6 Å². The summed E-state index contributed by atoms with van der Waals surface area (Å²) in [5.74, 6) is -0.605. The minimum atomic E-state index is -0.817. The molecular weight excluding hydrogens is 385 g/mol. The van der Waals surface area contributed by atoms with Gasteiger partial charge in [0.15, 0.2) is 0 Å². The zero-order valence-corrected chi connectivity index (χ0v) is 17.0. The average molecular weight is 411 g/mol. The Morgan fingerprint density at radius 3 is 2.73 bits per heavy atom. The van der Waals surface area contributed by atoms with Crippen LogP contribution in [0.3, 0.4) is 0 Å². The quantitative estimate of drug-likeness (QED) is 0.838. The summed E-state index contributed by atoms with van der Waals surface area (Å²) in [4.78, 5) is 32.2. The van der Waals surface area contributed by atoms with Gasteiger partial charge < -0.3 is 10.1 Å². The molecule has 6 nitrogen and oxygen atoms in total. The van der Waals surface area contributed by atoms with Gasteiger partial charge in [0.2, 0.25) is 5.91 Å². The molecule has 2 fully saturated rings. The summed E-state index contributed by atoms with van der Waals surface area (Å²) >= 11 is 0. The van der Waals surface area contributed by atoms with Crippen molar-refractivity contribution in [1.82, 2.24) is 15.2 Å². The highest BCUT2D eigenvalue weighted by atomic mass is 19.1. The second-order valence-corrected chi connectivity index (χ2v) is 8.18. The van der Waals surface area contributed by atoms with Crippen LogP contribution in [-0.4, -0.2) is 40.1 Å². The fourth-order valence-electron chi connectivity index (χ4n) is 4.34. The Kier molecular flexibility index (Phi) is 5.81. The number of pyridine rings is 1. The molecule has 4 rings (SSSR count). The maximum Gasteiger partial charge on any atom is 0.256 e. The second kappa shape index (κ2) is 8.52. The Morgan fingerprint density at radius 1 is 1.23 bits per heavy atom. The summed E-state index contributed by atoms with van der Waals surface area (Å²) in [5, 5.41) is 2.87. The third-order valence-corrected chi connectivity index (χ3v) is 6.08. The maximum absolute atomic E-state index is 13.8. The zero-order valence-electron chi connectivity index (χ0n) is 17.0. The zero-order chi connectivity index (χ0) is 21.1. The lowest BCUT2D eigenvalue weighted by molar-refractivity contribution is -0.128. The van der Waals surface area contributed by atoms with Gasteiger partial charge in [0.25, 0.3) is 5.91 Å². The highest BCUT2D eigenvalue weighted by Crippen LogP contribution is 2.43. The molecule has 1 saturated heterocycles. The van der Waals surface area contributed by atoms with Crippen LogP contribution < -0.4 is 5.32 Å². The average Bonchev–Trinajstić information content (AvgIpc) is 3.13. The number of halogens is 1. The molecule has 1 aliphatic heterocycles. The van der Waals surface area contributed by atoms with Crippen LogP contribution in [0.2, 0.25) is 0 Å². The molecule has 30 heavy (non-hydrogen) atoms. The number of carbonyl (C=O) groups excluding carboxylic acids is 2. The summed E-state index contributed by atoms with van der Waals surface area (Å²) in [6, 6.07) is 10.3. The molecule has 1 aromatic heterocycles. The molecule has 2 aliphatic rings.